The van der Waals surface area contributed by atoms with Gasteiger partial charge in [-0.15, -0.1) is 0 Å². The molecule has 0 amide bonds. The fourth-order valence-corrected chi connectivity index (χ4v) is 16.5. The molecule has 22 unspecified atom stereocenters. The van der Waals surface area contributed by atoms with Crippen molar-refractivity contribution >= 4 is 93.9 Å². The van der Waals surface area contributed by atoms with Crippen LogP contribution in [0.3, 0.4) is 0 Å². The van der Waals surface area contributed by atoms with Gasteiger partial charge in [-0.3, -0.25) is 80.4 Å². The first-order valence-corrected chi connectivity index (χ1v) is 42.8. The van der Waals surface area contributed by atoms with Gasteiger partial charge in [0, 0.05) is 131 Å². The number of phosphoric acid groups is 1. The van der Waals surface area contributed by atoms with E-state index in [1.54, 1.807) is 20.8 Å². The van der Waals surface area contributed by atoms with Crippen LogP contribution in [0.2, 0.25) is 0 Å². The molecule has 6 heterocycles. The molecule has 4 aliphatic heterocycles. The molecule has 720 valence electrons. The smallest absolute Gasteiger partial charge is 0.463 e. The summed E-state index contributed by atoms with van der Waals surface area (Å²) in [6.07, 6.45) is -12.6. The van der Waals surface area contributed by atoms with E-state index in [1.807, 2.05) is 44.5 Å². The lowest BCUT2D eigenvalue weighted by molar-refractivity contribution is -0.281. The van der Waals surface area contributed by atoms with Crippen LogP contribution in [0.5, 0.6) is 0 Å². The van der Waals surface area contributed by atoms with Crippen LogP contribution in [0.1, 0.15) is 164 Å². The van der Waals surface area contributed by atoms with Gasteiger partial charge in [0.25, 0.3) is 8.53 Å². The Balaban J connectivity index is 0.000000383. The predicted molar refractivity (Wildman–Crippen MR) is 427 cm³/mol. The number of halogens is 2. The van der Waals surface area contributed by atoms with E-state index in [0.717, 1.165) is 32.9 Å². The number of nitrogens with zero attached hydrogens (tertiary/aromatic N) is 9. The summed E-state index contributed by atoms with van der Waals surface area (Å²) in [5, 5.41) is 36.1. The standard InChI is InChI=1S/C29H34F2N7O11P.C22H37N2O9P.C15H22O9.C13H20O8/c1-18-26(45-20(3)40)27(46-21(4)41)25(11-43-19(2)39)47-28(18)48-50(42,44-9-5-8-32)49-29(12-37-16-33-14-35-37,13-38-17-34-15-36-38)23-7-6-22(30)10-24(23)31;1-13(2)24(14(3)4)34(29-11-9-10-23)33-22-15(5)20(30-17(7)26)21(31-18(8)27)19(32-22)12-28-16(6)25;1-7-13(21-9(3)17)14(22-10(4)18)12(6-20-8(2)16)24-15(7)23-11(5)19;1-6-11(19-8(3)15)12(20-9(4)16)10(21-13(6)17)5-18-7(2)14/h6-7,10,14-18,25-28H,5,9,11-13H2,1-4H3;13-15,19-22H,9,11-12H2,1-8H3;7,12-15H,6H2,1-5H3;6,10-13,17H,5H2,1-4H3. The summed E-state index contributed by atoms with van der Waals surface area (Å²) < 4.78 is 170. The molecule has 129 heavy (non-hydrogen) atoms. The molecule has 22 atom stereocenters. The van der Waals surface area contributed by atoms with Crippen LogP contribution in [0.25, 0.3) is 0 Å². The lowest BCUT2D eigenvalue weighted by Crippen LogP contribution is -2.58. The van der Waals surface area contributed by atoms with Crippen molar-refractivity contribution < 1.29 is 184 Å². The van der Waals surface area contributed by atoms with Crippen molar-refractivity contribution in [2.75, 3.05) is 39.6 Å². The number of aliphatic hydroxyl groups excluding tert-OH is 1. The third kappa shape index (κ3) is 36.9. The minimum atomic E-state index is -5.10. The van der Waals surface area contributed by atoms with E-state index in [2.05, 4.69) is 20.2 Å². The second kappa shape index (κ2) is 53.7. The van der Waals surface area contributed by atoms with Gasteiger partial charge in [-0.1, -0.05) is 33.8 Å². The number of ether oxygens (including phenoxy) is 17. The second-order valence-electron chi connectivity index (χ2n) is 29.9. The number of aliphatic hydroxyl groups is 1. The number of nitriles is 2. The van der Waals surface area contributed by atoms with Crippen molar-refractivity contribution in [1.82, 2.24) is 34.2 Å². The van der Waals surface area contributed by atoms with E-state index >= 15 is 4.39 Å². The van der Waals surface area contributed by atoms with Crippen LogP contribution in [0, 0.1) is 58.0 Å². The van der Waals surface area contributed by atoms with Crippen molar-refractivity contribution in [3.63, 3.8) is 0 Å². The summed E-state index contributed by atoms with van der Waals surface area (Å²) in [5.74, 6) is -13.0. The highest BCUT2D eigenvalue weighted by molar-refractivity contribution is 7.48. The van der Waals surface area contributed by atoms with E-state index in [1.165, 1.54) is 111 Å². The molecule has 7 rings (SSSR count). The van der Waals surface area contributed by atoms with Crippen molar-refractivity contribution in [3.8, 4) is 12.1 Å². The Hall–Kier alpha value is -10.3. The molecule has 0 aliphatic carbocycles. The number of hydrogen-bond acceptors (Lipinski definition) is 44. The number of rotatable bonds is 37. The van der Waals surface area contributed by atoms with Gasteiger partial charge in [0.1, 0.15) is 118 Å². The van der Waals surface area contributed by atoms with Gasteiger partial charge in [0.15, 0.2) is 43.3 Å². The Bertz CT molecular complexity index is 4270. The number of carbonyl (C=O) groups is 13. The number of hydrogen-bond donors (Lipinski definition) is 1. The maximum atomic E-state index is 15.7. The van der Waals surface area contributed by atoms with Crippen LogP contribution in [-0.2, 0) is 189 Å². The maximum Gasteiger partial charge on any atom is 0.478 e. The fourth-order valence-electron chi connectivity index (χ4n) is 13.2. The van der Waals surface area contributed by atoms with Gasteiger partial charge in [-0.2, -0.15) is 20.7 Å². The molecule has 0 spiro atoms. The number of aromatic nitrogens is 6. The SMILES string of the molecule is CC(=O)OCC1OC(O)C(C)C(OC(C)=O)C1OC(C)=O.CC(=O)OCC1OC(OC(C)=O)C(C)C(OC(C)=O)C1OC(C)=O.CC(=O)OCC1OC(OP(=O)(OCCC#N)OC(Cn2cncn2)(Cn2cncn2)c2ccc(F)cc2F)C(C)C(OC(C)=O)C1OC(C)=O.CC(=O)OCC1OC(OP(OCCC#N)N(C(C)C)C(C)C)C(C)C(OC(C)=O)C1OC(C)=O. The fraction of sp³-hybridized carbons (Fsp3) is 0.684. The highest BCUT2D eigenvalue weighted by Crippen LogP contribution is 2.59. The van der Waals surface area contributed by atoms with E-state index in [0.29, 0.717) is 6.07 Å². The molecule has 50 heteroatoms. The zero-order valence-corrected chi connectivity index (χ0v) is 76.9. The molecule has 2 aromatic heterocycles. The first kappa shape index (κ1) is 111. The highest BCUT2D eigenvalue weighted by Gasteiger charge is 2.56. The summed E-state index contributed by atoms with van der Waals surface area (Å²) in [5.41, 5.74) is -2.48. The Kier molecular flexibility index (Phi) is 46.2. The molecule has 1 N–H and O–H groups in total. The first-order chi connectivity index (χ1) is 60.4. The van der Waals surface area contributed by atoms with E-state index in [-0.39, 0.29) is 56.9 Å². The number of phosphoric ester groups is 1. The van der Waals surface area contributed by atoms with Gasteiger partial charge in [0.05, 0.1) is 57.2 Å². The summed E-state index contributed by atoms with van der Waals surface area (Å²) in [6.45, 7) is 27.4. The molecule has 0 saturated carbocycles. The van der Waals surface area contributed by atoms with Gasteiger partial charge >= 0.3 is 85.4 Å². The molecule has 0 radical (unpaired) electrons. The molecule has 3 aromatic rings. The predicted octanol–water partition coefficient (Wildman–Crippen LogP) is 5.77. The maximum absolute atomic E-state index is 15.7. The monoisotopic (exact) mass is 1880 g/mol. The number of carbonyl (C=O) groups excluding carboxylic acids is 13. The topological polar surface area (TPSA) is 575 Å². The normalized spacial score (nSPS) is 25.9. The van der Waals surface area contributed by atoms with Crippen molar-refractivity contribution in [2.45, 2.75) is 287 Å². The average molecular weight is 1880 g/mol. The Morgan fingerprint density at radius 3 is 1.16 bits per heavy atom. The molecular formula is C79H113F2N9O37P2. The van der Waals surface area contributed by atoms with Gasteiger partial charge in [-0.25, -0.2) is 37.3 Å². The van der Waals surface area contributed by atoms with Crippen molar-refractivity contribution in [1.29, 1.82) is 10.5 Å². The van der Waals surface area contributed by atoms with Crippen LogP contribution < -0.4 is 0 Å². The van der Waals surface area contributed by atoms with Crippen molar-refractivity contribution in [3.05, 3.63) is 60.7 Å². The summed E-state index contributed by atoms with van der Waals surface area (Å²) in [6, 6.07) is 6.59. The minimum absolute atomic E-state index is 0.0574. The minimum Gasteiger partial charge on any atom is -0.463 e. The highest BCUT2D eigenvalue weighted by atomic mass is 31.2. The Labute approximate surface area is 743 Å². The Morgan fingerprint density at radius 2 is 0.814 bits per heavy atom. The summed E-state index contributed by atoms with van der Waals surface area (Å²) >= 11 is 0. The zero-order chi connectivity index (χ0) is 97.1. The summed E-state index contributed by atoms with van der Waals surface area (Å²) in [7, 11) is -6.77. The number of benzene rings is 1. The van der Waals surface area contributed by atoms with E-state index in [9.17, 15) is 81.7 Å². The molecule has 4 aliphatic rings. The molecule has 4 fully saturated rings. The largest absolute Gasteiger partial charge is 0.478 e. The lowest BCUT2D eigenvalue weighted by atomic mass is 9.92. The Morgan fingerprint density at radius 1 is 0.481 bits per heavy atom. The van der Waals surface area contributed by atoms with Gasteiger partial charge in [-0.05, 0) is 33.8 Å². The number of esters is 13. The van der Waals surface area contributed by atoms with Crippen LogP contribution in [0.15, 0.2) is 43.5 Å². The third-order valence-corrected chi connectivity index (χ3v) is 22.0. The second-order valence-corrected chi connectivity index (χ2v) is 32.8. The molecule has 0 bridgehead atoms. The molecule has 4 saturated heterocycles. The molecule has 46 nitrogen and oxygen atoms in total. The van der Waals surface area contributed by atoms with Crippen LogP contribution in [-0.4, -0.2) is 267 Å². The quantitative estimate of drug-likeness (QED) is 0.0309. The van der Waals surface area contributed by atoms with Crippen molar-refractivity contribution in [2.24, 2.45) is 23.7 Å². The molecular weight excluding hydrogens is 1770 g/mol. The van der Waals surface area contributed by atoms with Gasteiger partial charge in [0.2, 0.25) is 6.29 Å². The lowest BCUT2D eigenvalue weighted by Gasteiger charge is -2.45. The van der Waals surface area contributed by atoms with Crippen LogP contribution in [0.4, 0.5) is 8.78 Å². The third-order valence-electron chi connectivity index (χ3n) is 18.3. The van der Waals surface area contributed by atoms with Crippen LogP contribution >= 0.6 is 16.3 Å². The average Bonchev–Trinajstić information content (AvgIpc) is 1.62. The first-order valence-electron chi connectivity index (χ1n) is 40.2. The summed E-state index contributed by atoms with van der Waals surface area (Å²) in [4.78, 5) is 157. The van der Waals surface area contributed by atoms with E-state index < -0.39 is 260 Å². The van der Waals surface area contributed by atoms with Gasteiger partial charge < -0.3 is 90.2 Å². The zero-order valence-electron chi connectivity index (χ0n) is 75.1. The van der Waals surface area contributed by atoms with E-state index in [4.69, 9.17) is 108 Å². The molecule has 1 aromatic carbocycles.